The van der Waals surface area contributed by atoms with Crippen molar-refractivity contribution in [2.45, 2.75) is 13.5 Å². The van der Waals surface area contributed by atoms with Gasteiger partial charge in [-0.15, -0.1) is 0 Å². The summed E-state index contributed by atoms with van der Waals surface area (Å²) < 4.78 is 26.4. The highest BCUT2D eigenvalue weighted by Crippen LogP contribution is 2.15. The van der Waals surface area contributed by atoms with Crippen molar-refractivity contribution in [2.75, 3.05) is 7.05 Å². The normalized spacial score (nSPS) is 10.4. The van der Waals surface area contributed by atoms with E-state index < -0.39 is 17.5 Å². The molecule has 0 bridgehead atoms. The summed E-state index contributed by atoms with van der Waals surface area (Å²) in [6.07, 6.45) is 0. The van der Waals surface area contributed by atoms with Gasteiger partial charge >= 0.3 is 0 Å². The molecular formula is C16H15F2NO. The maximum atomic E-state index is 13.6. The number of carbonyl (C=O) groups is 1. The summed E-state index contributed by atoms with van der Waals surface area (Å²) in [5, 5.41) is 0. The van der Waals surface area contributed by atoms with Crippen LogP contribution in [-0.2, 0) is 6.54 Å². The number of nitrogens with zero attached hydrogens (tertiary/aromatic N) is 1. The van der Waals surface area contributed by atoms with Gasteiger partial charge < -0.3 is 4.90 Å². The largest absolute Gasteiger partial charge is 0.337 e. The van der Waals surface area contributed by atoms with Gasteiger partial charge in [0.2, 0.25) is 0 Å². The fourth-order valence-corrected chi connectivity index (χ4v) is 1.98. The lowest BCUT2D eigenvalue weighted by molar-refractivity contribution is 0.0780. The van der Waals surface area contributed by atoms with Gasteiger partial charge in [0.05, 0.1) is 5.56 Å². The number of benzene rings is 2. The first kappa shape index (κ1) is 14.2. The number of carbonyl (C=O) groups excluding carboxylic acids is 1. The smallest absolute Gasteiger partial charge is 0.256 e. The lowest BCUT2D eigenvalue weighted by Gasteiger charge is -2.19. The zero-order valence-electron chi connectivity index (χ0n) is 11.4. The van der Waals surface area contributed by atoms with Crippen molar-refractivity contribution < 1.29 is 13.6 Å². The molecule has 0 aliphatic heterocycles. The third-order valence-electron chi connectivity index (χ3n) is 3.18. The molecule has 0 saturated carbocycles. The molecule has 0 saturated heterocycles. The van der Waals surface area contributed by atoms with Crippen molar-refractivity contribution in [1.29, 1.82) is 0 Å². The number of rotatable bonds is 3. The predicted molar refractivity (Wildman–Crippen MR) is 73.3 cm³/mol. The Balaban J connectivity index is 2.19. The van der Waals surface area contributed by atoms with Crippen molar-refractivity contribution in [1.82, 2.24) is 4.90 Å². The van der Waals surface area contributed by atoms with Gasteiger partial charge in [0.1, 0.15) is 11.6 Å². The van der Waals surface area contributed by atoms with Gasteiger partial charge in [0.25, 0.3) is 5.91 Å². The van der Waals surface area contributed by atoms with Gasteiger partial charge in [-0.2, -0.15) is 0 Å². The molecule has 104 valence electrons. The summed E-state index contributed by atoms with van der Waals surface area (Å²) in [7, 11) is 1.59. The van der Waals surface area contributed by atoms with E-state index in [9.17, 15) is 13.6 Å². The molecule has 2 rings (SSSR count). The minimum atomic E-state index is -0.841. The minimum Gasteiger partial charge on any atom is -0.337 e. The van der Waals surface area contributed by atoms with Crippen molar-refractivity contribution >= 4 is 5.91 Å². The summed E-state index contributed by atoms with van der Waals surface area (Å²) in [6.45, 7) is 2.33. The van der Waals surface area contributed by atoms with Crippen LogP contribution in [-0.4, -0.2) is 17.9 Å². The lowest BCUT2D eigenvalue weighted by Crippen LogP contribution is -2.27. The lowest BCUT2D eigenvalue weighted by atomic mass is 10.1. The molecular weight excluding hydrogens is 260 g/mol. The quantitative estimate of drug-likeness (QED) is 0.839. The van der Waals surface area contributed by atoms with Crippen LogP contribution >= 0.6 is 0 Å². The Morgan fingerprint density at radius 1 is 1.15 bits per heavy atom. The molecule has 0 aliphatic carbocycles. The fourth-order valence-electron chi connectivity index (χ4n) is 1.98. The van der Waals surface area contributed by atoms with Gasteiger partial charge in [-0.1, -0.05) is 24.3 Å². The van der Waals surface area contributed by atoms with Crippen LogP contribution in [0, 0.1) is 18.6 Å². The first-order valence-corrected chi connectivity index (χ1v) is 6.24. The zero-order valence-corrected chi connectivity index (χ0v) is 11.4. The number of halogens is 2. The first-order chi connectivity index (χ1) is 9.49. The SMILES string of the molecule is Cc1ccccc1CN(C)C(=O)c1ccc(F)cc1F. The average Bonchev–Trinajstić information content (AvgIpc) is 2.40. The fraction of sp³-hybridized carbons (Fsp3) is 0.188. The van der Waals surface area contributed by atoms with Crippen molar-refractivity contribution in [3.8, 4) is 0 Å². The number of amides is 1. The van der Waals surface area contributed by atoms with Crippen molar-refractivity contribution in [3.63, 3.8) is 0 Å². The van der Waals surface area contributed by atoms with Crippen molar-refractivity contribution in [2.24, 2.45) is 0 Å². The molecule has 2 nitrogen and oxygen atoms in total. The first-order valence-electron chi connectivity index (χ1n) is 6.24. The van der Waals surface area contributed by atoms with E-state index in [-0.39, 0.29) is 5.56 Å². The number of hydrogen-bond donors (Lipinski definition) is 0. The van der Waals surface area contributed by atoms with Crippen LogP contribution < -0.4 is 0 Å². The van der Waals surface area contributed by atoms with E-state index in [1.807, 2.05) is 31.2 Å². The molecule has 0 atom stereocenters. The molecule has 0 heterocycles. The van der Waals surface area contributed by atoms with Crippen LogP contribution in [0.5, 0.6) is 0 Å². The van der Waals surface area contributed by atoms with Crippen LogP contribution in [0.15, 0.2) is 42.5 Å². The van der Waals surface area contributed by atoms with Gasteiger partial charge in [-0.05, 0) is 30.2 Å². The van der Waals surface area contributed by atoms with E-state index in [1.54, 1.807) is 7.05 Å². The second kappa shape index (κ2) is 5.82. The summed E-state index contributed by atoms with van der Waals surface area (Å²) in [4.78, 5) is 13.6. The minimum absolute atomic E-state index is 0.123. The number of aryl methyl sites for hydroxylation is 1. The van der Waals surface area contributed by atoms with Crippen LogP contribution in [0.3, 0.4) is 0 Å². The van der Waals surface area contributed by atoms with E-state index >= 15 is 0 Å². The Morgan fingerprint density at radius 3 is 2.50 bits per heavy atom. The maximum Gasteiger partial charge on any atom is 0.256 e. The average molecular weight is 275 g/mol. The second-order valence-corrected chi connectivity index (χ2v) is 4.71. The van der Waals surface area contributed by atoms with Crippen molar-refractivity contribution in [3.05, 3.63) is 70.8 Å². The summed E-state index contributed by atoms with van der Waals surface area (Å²) in [5.74, 6) is -2.00. The van der Waals surface area contributed by atoms with Crippen LogP contribution in [0.4, 0.5) is 8.78 Å². The predicted octanol–water partition coefficient (Wildman–Crippen LogP) is 3.55. The zero-order chi connectivity index (χ0) is 14.7. The summed E-state index contributed by atoms with van der Waals surface area (Å²) >= 11 is 0. The van der Waals surface area contributed by atoms with Gasteiger partial charge in [-0.3, -0.25) is 4.79 Å². The Bertz CT molecular complexity index is 640. The molecule has 0 N–H and O–H groups in total. The number of hydrogen-bond acceptors (Lipinski definition) is 1. The monoisotopic (exact) mass is 275 g/mol. The van der Waals surface area contributed by atoms with Crippen LogP contribution in [0.2, 0.25) is 0 Å². The second-order valence-electron chi connectivity index (χ2n) is 4.71. The third-order valence-corrected chi connectivity index (χ3v) is 3.18. The Hall–Kier alpha value is -2.23. The molecule has 0 radical (unpaired) electrons. The van der Waals surface area contributed by atoms with Gasteiger partial charge in [0, 0.05) is 19.7 Å². The highest BCUT2D eigenvalue weighted by molar-refractivity contribution is 5.94. The molecule has 20 heavy (non-hydrogen) atoms. The molecule has 0 aliphatic rings. The molecule has 2 aromatic carbocycles. The Kier molecular flexibility index (Phi) is 4.13. The topological polar surface area (TPSA) is 20.3 Å². The Labute approximate surface area is 116 Å². The molecule has 0 aromatic heterocycles. The van der Waals surface area contributed by atoms with Crippen LogP contribution in [0.25, 0.3) is 0 Å². The van der Waals surface area contributed by atoms with E-state index in [4.69, 9.17) is 0 Å². The molecule has 0 fully saturated rings. The van der Waals surface area contributed by atoms with E-state index in [1.165, 1.54) is 11.0 Å². The van der Waals surface area contributed by atoms with E-state index in [0.29, 0.717) is 6.54 Å². The molecule has 1 amide bonds. The van der Waals surface area contributed by atoms with E-state index in [2.05, 4.69) is 0 Å². The maximum absolute atomic E-state index is 13.6. The Morgan fingerprint density at radius 2 is 1.85 bits per heavy atom. The molecule has 0 unspecified atom stereocenters. The van der Waals surface area contributed by atoms with Crippen LogP contribution in [0.1, 0.15) is 21.5 Å². The summed E-state index contributed by atoms with van der Waals surface area (Å²) in [6, 6.07) is 10.6. The molecule has 4 heteroatoms. The molecule has 0 spiro atoms. The summed E-state index contributed by atoms with van der Waals surface area (Å²) in [5.41, 5.74) is 1.93. The highest BCUT2D eigenvalue weighted by Gasteiger charge is 2.17. The third kappa shape index (κ3) is 3.02. The molecule has 2 aromatic rings. The van der Waals surface area contributed by atoms with Gasteiger partial charge in [0.15, 0.2) is 0 Å². The van der Waals surface area contributed by atoms with Gasteiger partial charge in [-0.25, -0.2) is 8.78 Å². The highest BCUT2D eigenvalue weighted by atomic mass is 19.1. The standard InChI is InChI=1S/C16H15F2NO/c1-11-5-3-4-6-12(11)10-19(2)16(20)14-8-7-13(17)9-15(14)18/h3-9H,10H2,1-2H3. The van der Waals surface area contributed by atoms with E-state index in [0.717, 1.165) is 23.3 Å².